The number of esters is 1. The molecule has 0 radical (unpaired) electrons. The summed E-state index contributed by atoms with van der Waals surface area (Å²) < 4.78 is 5.23. The highest BCUT2D eigenvalue weighted by Gasteiger charge is 2.35. The summed E-state index contributed by atoms with van der Waals surface area (Å²) in [6.07, 6.45) is 6.31. The van der Waals surface area contributed by atoms with Crippen LogP contribution < -0.4 is 0 Å². The van der Waals surface area contributed by atoms with Crippen LogP contribution in [0.2, 0.25) is 0 Å². The van der Waals surface area contributed by atoms with Gasteiger partial charge in [-0.25, -0.2) is 0 Å². The molecular weight excluding hydrogens is 252 g/mol. The molecule has 0 heterocycles. The fourth-order valence-corrected chi connectivity index (χ4v) is 2.62. The Morgan fingerprint density at radius 3 is 2.80 bits per heavy atom. The minimum Gasteiger partial charge on any atom is -0.466 e. The average molecular weight is 278 g/mol. The van der Waals surface area contributed by atoms with Crippen molar-refractivity contribution in [2.75, 3.05) is 6.61 Å². The van der Waals surface area contributed by atoms with Gasteiger partial charge in [0.1, 0.15) is 5.78 Å². The highest BCUT2D eigenvalue weighted by atomic mass is 16.5. The average Bonchev–Trinajstić information content (AvgIpc) is 2.77. The van der Waals surface area contributed by atoms with Crippen LogP contribution in [-0.4, -0.2) is 18.4 Å². The van der Waals surface area contributed by atoms with Crippen LogP contribution in [0.25, 0.3) is 0 Å². The van der Waals surface area contributed by atoms with Crippen molar-refractivity contribution in [1.82, 2.24) is 0 Å². The van der Waals surface area contributed by atoms with Gasteiger partial charge in [-0.05, 0) is 18.8 Å². The summed E-state index contributed by atoms with van der Waals surface area (Å²) in [4.78, 5) is 23.6. The van der Waals surface area contributed by atoms with Crippen LogP contribution in [0.15, 0.2) is 0 Å². The van der Waals surface area contributed by atoms with Gasteiger partial charge >= 0.3 is 5.97 Å². The SMILES string of the molecule is CCC#CCC1C(=O)CCC1CC(=O)OCCCCC. The highest BCUT2D eigenvalue weighted by molar-refractivity contribution is 5.84. The summed E-state index contributed by atoms with van der Waals surface area (Å²) in [5.41, 5.74) is 0. The van der Waals surface area contributed by atoms with E-state index in [0.717, 1.165) is 32.1 Å². The Morgan fingerprint density at radius 2 is 2.10 bits per heavy atom. The van der Waals surface area contributed by atoms with Gasteiger partial charge in [0.05, 0.1) is 6.61 Å². The maximum Gasteiger partial charge on any atom is 0.306 e. The molecule has 0 saturated heterocycles. The van der Waals surface area contributed by atoms with Gasteiger partial charge in [0.2, 0.25) is 0 Å². The van der Waals surface area contributed by atoms with Crippen LogP contribution in [0.4, 0.5) is 0 Å². The van der Waals surface area contributed by atoms with Gasteiger partial charge in [-0.15, -0.1) is 11.8 Å². The van der Waals surface area contributed by atoms with E-state index in [1.165, 1.54) is 0 Å². The highest BCUT2D eigenvalue weighted by Crippen LogP contribution is 2.33. The fourth-order valence-electron chi connectivity index (χ4n) is 2.62. The van der Waals surface area contributed by atoms with Crippen LogP contribution >= 0.6 is 0 Å². The van der Waals surface area contributed by atoms with Crippen LogP contribution in [-0.2, 0) is 14.3 Å². The second-order valence-electron chi connectivity index (χ2n) is 5.41. The summed E-state index contributed by atoms with van der Waals surface area (Å²) in [6, 6.07) is 0. The first kappa shape index (κ1) is 16.8. The molecule has 0 aromatic rings. The van der Waals surface area contributed by atoms with Crippen molar-refractivity contribution >= 4 is 11.8 Å². The molecule has 0 N–H and O–H groups in total. The van der Waals surface area contributed by atoms with Crippen molar-refractivity contribution in [2.24, 2.45) is 11.8 Å². The maximum atomic E-state index is 11.8. The first-order valence-electron chi connectivity index (χ1n) is 7.83. The fraction of sp³-hybridized carbons (Fsp3) is 0.765. The number of carbonyl (C=O) groups excluding carboxylic acids is 2. The topological polar surface area (TPSA) is 43.4 Å². The van der Waals surface area contributed by atoms with E-state index >= 15 is 0 Å². The predicted molar refractivity (Wildman–Crippen MR) is 79.0 cm³/mol. The number of rotatable bonds is 7. The zero-order valence-corrected chi connectivity index (χ0v) is 12.7. The maximum absolute atomic E-state index is 11.8. The summed E-state index contributed by atoms with van der Waals surface area (Å²) in [7, 11) is 0. The quantitative estimate of drug-likeness (QED) is 0.406. The molecule has 20 heavy (non-hydrogen) atoms. The van der Waals surface area contributed by atoms with Gasteiger partial charge in [-0.1, -0.05) is 26.7 Å². The Balaban J connectivity index is 2.36. The first-order chi connectivity index (χ1) is 9.69. The molecule has 1 rings (SSSR count). The van der Waals surface area contributed by atoms with E-state index in [4.69, 9.17) is 4.74 Å². The Bertz CT molecular complexity index is 375. The van der Waals surface area contributed by atoms with Crippen molar-refractivity contribution < 1.29 is 14.3 Å². The molecule has 0 aromatic carbocycles. The van der Waals surface area contributed by atoms with E-state index < -0.39 is 0 Å². The predicted octanol–water partition coefficient (Wildman–Crippen LogP) is 3.51. The standard InChI is InChI=1S/C17H26O3/c1-3-5-7-9-15-14(10-11-16(15)18)13-17(19)20-12-8-6-4-2/h14-15H,3-4,6,8-13H2,1-2H3. The van der Waals surface area contributed by atoms with E-state index in [1.54, 1.807) is 0 Å². The third-order valence-corrected chi connectivity index (χ3v) is 3.81. The number of unbranched alkanes of at least 4 members (excludes halogenated alkanes) is 2. The lowest BCUT2D eigenvalue weighted by molar-refractivity contribution is -0.145. The molecule has 1 fully saturated rings. The summed E-state index contributed by atoms with van der Waals surface area (Å²) in [6.45, 7) is 4.62. The molecule has 3 nitrogen and oxygen atoms in total. The van der Waals surface area contributed by atoms with Gasteiger partial charge < -0.3 is 4.74 Å². The largest absolute Gasteiger partial charge is 0.466 e. The van der Waals surface area contributed by atoms with E-state index in [2.05, 4.69) is 18.8 Å². The first-order valence-corrected chi connectivity index (χ1v) is 7.83. The Labute approximate surface area is 122 Å². The molecule has 0 bridgehead atoms. The lowest BCUT2D eigenvalue weighted by atomic mass is 9.90. The summed E-state index contributed by atoms with van der Waals surface area (Å²) >= 11 is 0. The molecule has 112 valence electrons. The van der Waals surface area contributed by atoms with Crippen molar-refractivity contribution in [2.45, 2.75) is 65.2 Å². The minimum absolute atomic E-state index is 0.0581. The molecule has 0 aromatic heterocycles. The number of hydrogen-bond donors (Lipinski definition) is 0. The van der Waals surface area contributed by atoms with Gasteiger partial charge in [-0.2, -0.15) is 0 Å². The van der Waals surface area contributed by atoms with E-state index in [1.807, 2.05) is 6.92 Å². The van der Waals surface area contributed by atoms with Crippen molar-refractivity contribution in [3.8, 4) is 11.8 Å². The molecule has 0 spiro atoms. The molecule has 1 aliphatic rings. The number of ether oxygens (including phenoxy) is 1. The van der Waals surface area contributed by atoms with Crippen molar-refractivity contribution in [3.63, 3.8) is 0 Å². The molecular formula is C17H26O3. The monoisotopic (exact) mass is 278 g/mol. The van der Waals surface area contributed by atoms with Gasteiger partial charge in [0.25, 0.3) is 0 Å². The van der Waals surface area contributed by atoms with E-state index in [-0.39, 0.29) is 23.6 Å². The zero-order valence-electron chi connectivity index (χ0n) is 12.7. The number of ketones is 1. The molecule has 1 saturated carbocycles. The van der Waals surface area contributed by atoms with E-state index in [9.17, 15) is 9.59 Å². The molecule has 3 heteroatoms. The normalized spacial score (nSPS) is 21.4. The number of carbonyl (C=O) groups is 2. The third-order valence-electron chi connectivity index (χ3n) is 3.81. The molecule has 0 aliphatic heterocycles. The van der Waals surface area contributed by atoms with Crippen LogP contribution in [0.1, 0.15) is 65.2 Å². The molecule has 2 atom stereocenters. The molecule has 0 amide bonds. The second kappa shape index (κ2) is 9.58. The second-order valence-corrected chi connectivity index (χ2v) is 5.41. The van der Waals surface area contributed by atoms with Gasteiger partial charge in [-0.3, -0.25) is 9.59 Å². The Hall–Kier alpha value is -1.30. The molecule has 1 aliphatic carbocycles. The number of Topliss-reactive ketones (excluding diaryl/α,β-unsaturated/α-hetero) is 1. The minimum atomic E-state index is -0.158. The van der Waals surface area contributed by atoms with Crippen LogP contribution in [0, 0.1) is 23.7 Å². The van der Waals surface area contributed by atoms with Crippen LogP contribution in [0.3, 0.4) is 0 Å². The van der Waals surface area contributed by atoms with Gasteiger partial charge in [0, 0.05) is 31.6 Å². The summed E-state index contributed by atoms with van der Waals surface area (Å²) in [5.74, 6) is 6.23. The Morgan fingerprint density at radius 1 is 1.30 bits per heavy atom. The lowest BCUT2D eigenvalue weighted by Gasteiger charge is -2.15. The van der Waals surface area contributed by atoms with Crippen molar-refractivity contribution in [3.05, 3.63) is 0 Å². The lowest BCUT2D eigenvalue weighted by Crippen LogP contribution is -2.19. The summed E-state index contributed by atoms with van der Waals surface area (Å²) in [5, 5.41) is 0. The smallest absolute Gasteiger partial charge is 0.306 e. The third kappa shape index (κ3) is 5.77. The molecule has 2 unspecified atom stereocenters. The zero-order chi connectivity index (χ0) is 14.8. The Kier molecular flexibility index (Phi) is 8.02. The van der Waals surface area contributed by atoms with E-state index in [0.29, 0.717) is 25.9 Å². The van der Waals surface area contributed by atoms with Crippen molar-refractivity contribution in [1.29, 1.82) is 0 Å². The number of hydrogen-bond acceptors (Lipinski definition) is 3. The van der Waals surface area contributed by atoms with Crippen LogP contribution in [0.5, 0.6) is 0 Å². The van der Waals surface area contributed by atoms with Gasteiger partial charge in [0.15, 0.2) is 0 Å².